The summed E-state index contributed by atoms with van der Waals surface area (Å²) in [5.74, 6) is 0.00444. The second-order valence-corrected chi connectivity index (χ2v) is 5.52. The molecule has 1 aromatic heterocycles. The van der Waals surface area contributed by atoms with Gasteiger partial charge in [0.05, 0.1) is 5.52 Å². The molecule has 0 aliphatic carbocycles. The van der Waals surface area contributed by atoms with E-state index in [0.29, 0.717) is 10.8 Å². The molecule has 6 heteroatoms. The third kappa shape index (κ3) is 2.96. The van der Waals surface area contributed by atoms with Crippen molar-refractivity contribution in [3.63, 3.8) is 0 Å². The van der Waals surface area contributed by atoms with Crippen molar-refractivity contribution < 1.29 is 5.11 Å². The average Bonchev–Trinajstić information content (AvgIpc) is 2.62. The lowest BCUT2D eigenvalue weighted by atomic mass is 10.1. The number of azo groups is 1. The van der Waals surface area contributed by atoms with E-state index in [1.807, 2.05) is 39.8 Å². The molecular weight excluding hydrogens is 272 g/mol. The Balaban J connectivity index is 2.42. The first-order valence-electron chi connectivity index (χ1n) is 6.42. The summed E-state index contributed by atoms with van der Waals surface area (Å²) in [6.45, 7) is 7.93. The topological polar surface area (TPSA) is 72.8 Å². The molecule has 2 aromatic rings. The van der Waals surface area contributed by atoms with E-state index in [0.717, 1.165) is 22.0 Å². The van der Waals surface area contributed by atoms with E-state index < -0.39 is 0 Å². The van der Waals surface area contributed by atoms with Gasteiger partial charge in [-0.2, -0.15) is 0 Å². The second kappa shape index (κ2) is 5.58. The molecule has 0 aliphatic rings. The van der Waals surface area contributed by atoms with Crippen LogP contribution in [0.2, 0.25) is 0 Å². The normalized spacial score (nSPS) is 11.7. The van der Waals surface area contributed by atoms with Gasteiger partial charge in [0.25, 0.3) is 0 Å². The highest BCUT2D eigenvalue weighted by Crippen LogP contribution is 2.37. The minimum Gasteiger partial charge on any atom is -0.493 e. The lowest BCUT2D eigenvalue weighted by Gasteiger charge is -2.05. The Labute approximate surface area is 123 Å². The number of aromatic nitrogens is 1. The smallest absolute Gasteiger partial charge is 0.218 e. The molecule has 5 nitrogen and oxygen atoms in total. The maximum Gasteiger partial charge on any atom is 0.218 e. The highest BCUT2D eigenvalue weighted by Gasteiger charge is 2.12. The van der Waals surface area contributed by atoms with Crippen molar-refractivity contribution in [2.75, 3.05) is 0 Å². The van der Waals surface area contributed by atoms with Gasteiger partial charge < -0.3 is 15.4 Å². The number of aromatic hydroxyl groups is 1. The Morgan fingerprint density at radius 3 is 2.70 bits per heavy atom. The lowest BCUT2D eigenvalue weighted by Crippen LogP contribution is -2.26. The minimum atomic E-state index is 0.00444. The van der Waals surface area contributed by atoms with E-state index in [1.54, 1.807) is 0 Å². The van der Waals surface area contributed by atoms with Gasteiger partial charge in [-0.05, 0) is 51.5 Å². The zero-order valence-corrected chi connectivity index (χ0v) is 12.8. The number of nitrogens with zero attached hydrogens (tertiary/aromatic N) is 2. The molecule has 0 amide bonds. The number of fused-ring (bicyclic) bond motifs is 1. The van der Waals surface area contributed by atoms with Crippen molar-refractivity contribution in [2.45, 2.75) is 33.7 Å². The number of hydrogen-bond donors (Lipinski definition) is 3. The van der Waals surface area contributed by atoms with Crippen molar-refractivity contribution in [1.29, 1.82) is 0 Å². The number of H-pyrrole nitrogens is 1. The third-order valence-electron chi connectivity index (χ3n) is 2.86. The summed E-state index contributed by atoms with van der Waals surface area (Å²) >= 11 is 5.06. The van der Waals surface area contributed by atoms with Crippen LogP contribution >= 0.6 is 12.2 Å². The predicted molar refractivity (Wildman–Crippen MR) is 84.8 cm³/mol. The van der Waals surface area contributed by atoms with Gasteiger partial charge in [0, 0.05) is 11.4 Å². The predicted octanol–water partition coefficient (Wildman–Crippen LogP) is 3.86. The van der Waals surface area contributed by atoms with Crippen molar-refractivity contribution in [2.24, 2.45) is 10.2 Å². The van der Waals surface area contributed by atoms with Gasteiger partial charge in [-0.1, -0.05) is 11.6 Å². The van der Waals surface area contributed by atoms with Crippen LogP contribution in [0.5, 0.6) is 5.88 Å². The van der Waals surface area contributed by atoms with Gasteiger partial charge in [0.2, 0.25) is 11.0 Å². The third-order valence-corrected chi connectivity index (χ3v) is 3.06. The molecule has 0 bridgehead atoms. The quantitative estimate of drug-likeness (QED) is 0.581. The van der Waals surface area contributed by atoms with Crippen molar-refractivity contribution in [3.8, 4) is 5.88 Å². The Morgan fingerprint density at radius 2 is 2.05 bits per heavy atom. The fourth-order valence-electron chi connectivity index (χ4n) is 2.10. The van der Waals surface area contributed by atoms with Crippen LogP contribution < -0.4 is 5.32 Å². The first-order valence-corrected chi connectivity index (χ1v) is 6.83. The molecule has 0 saturated heterocycles. The average molecular weight is 290 g/mol. The maximum absolute atomic E-state index is 9.97. The van der Waals surface area contributed by atoms with Crippen molar-refractivity contribution >= 4 is 33.9 Å². The maximum atomic E-state index is 9.97. The highest BCUT2D eigenvalue weighted by molar-refractivity contribution is 7.80. The zero-order valence-electron chi connectivity index (χ0n) is 12.0. The molecule has 2 rings (SSSR count). The monoisotopic (exact) mass is 290 g/mol. The van der Waals surface area contributed by atoms with Gasteiger partial charge in [0.1, 0.15) is 0 Å². The molecular formula is C14H18N4OS. The van der Waals surface area contributed by atoms with Gasteiger partial charge in [-0.15, -0.1) is 10.2 Å². The molecule has 0 atom stereocenters. The number of benzene rings is 1. The van der Waals surface area contributed by atoms with Crippen LogP contribution in [-0.4, -0.2) is 21.2 Å². The van der Waals surface area contributed by atoms with E-state index in [9.17, 15) is 5.11 Å². The van der Waals surface area contributed by atoms with Crippen LogP contribution in [0, 0.1) is 13.8 Å². The SMILES string of the molecule is Cc1cc(C)c2[nH]c(O)c(N=NC(=S)NC(C)C)c2c1. The summed E-state index contributed by atoms with van der Waals surface area (Å²) in [6.07, 6.45) is 0. The fourth-order valence-corrected chi connectivity index (χ4v) is 2.37. The van der Waals surface area contributed by atoms with Gasteiger partial charge >= 0.3 is 0 Å². The minimum absolute atomic E-state index is 0.00444. The molecule has 1 aromatic carbocycles. The van der Waals surface area contributed by atoms with E-state index in [4.69, 9.17) is 12.2 Å². The van der Waals surface area contributed by atoms with Crippen LogP contribution in [0.4, 0.5) is 5.69 Å². The molecule has 0 spiro atoms. The number of aryl methyl sites for hydroxylation is 2. The van der Waals surface area contributed by atoms with E-state index in [2.05, 4.69) is 20.5 Å². The summed E-state index contributed by atoms with van der Waals surface area (Å²) in [5.41, 5.74) is 3.44. The molecule has 20 heavy (non-hydrogen) atoms. The van der Waals surface area contributed by atoms with Crippen LogP contribution in [0.15, 0.2) is 22.4 Å². The first-order chi connectivity index (χ1) is 9.38. The number of hydrogen-bond acceptors (Lipinski definition) is 3. The summed E-state index contributed by atoms with van der Waals surface area (Å²) in [4.78, 5) is 2.93. The Morgan fingerprint density at radius 1 is 1.35 bits per heavy atom. The summed E-state index contributed by atoms with van der Waals surface area (Å²) in [7, 11) is 0. The molecule has 0 saturated carbocycles. The number of thiocarbonyl (C=S) groups is 1. The number of nitrogens with one attached hydrogen (secondary N) is 2. The van der Waals surface area contributed by atoms with Crippen LogP contribution in [-0.2, 0) is 0 Å². The van der Waals surface area contributed by atoms with Gasteiger partial charge in [-0.25, -0.2) is 0 Å². The Hall–Kier alpha value is -1.95. The molecule has 0 unspecified atom stereocenters. The number of aromatic amines is 1. The Kier molecular flexibility index (Phi) is 4.04. The van der Waals surface area contributed by atoms with Gasteiger partial charge in [-0.3, -0.25) is 0 Å². The Bertz CT molecular complexity index is 688. The molecule has 1 heterocycles. The number of rotatable bonds is 2. The lowest BCUT2D eigenvalue weighted by molar-refractivity contribution is 0.459. The first kappa shape index (κ1) is 14.5. The van der Waals surface area contributed by atoms with Crippen LogP contribution in [0.25, 0.3) is 10.9 Å². The summed E-state index contributed by atoms with van der Waals surface area (Å²) in [5, 5.41) is 22.1. The molecule has 0 aliphatic heterocycles. The van der Waals surface area contributed by atoms with E-state index >= 15 is 0 Å². The van der Waals surface area contributed by atoms with Gasteiger partial charge in [0.15, 0.2) is 5.69 Å². The summed E-state index contributed by atoms with van der Waals surface area (Å²) < 4.78 is 0. The van der Waals surface area contributed by atoms with Crippen molar-refractivity contribution in [1.82, 2.24) is 10.3 Å². The molecule has 3 N–H and O–H groups in total. The largest absolute Gasteiger partial charge is 0.493 e. The molecule has 0 radical (unpaired) electrons. The van der Waals surface area contributed by atoms with Crippen molar-refractivity contribution in [3.05, 3.63) is 23.3 Å². The summed E-state index contributed by atoms with van der Waals surface area (Å²) in [6, 6.07) is 4.21. The molecule has 106 valence electrons. The second-order valence-electron chi connectivity index (χ2n) is 5.13. The van der Waals surface area contributed by atoms with Crippen LogP contribution in [0.3, 0.4) is 0 Å². The zero-order chi connectivity index (χ0) is 14.9. The highest BCUT2D eigenvalue weighted by atomic mass is 32.1. The van der Waals surface area contributed by atoms with E-state index in [1.165, 1.54) is 0 Å². The van der Waals surface area contributed by atoms with E-state index in [-0.39, 0.29) is 11.9 Å². The van der Waals surface area contributed by atoms with Crippen LogP contribution in [0.1, 0.15) is 25.0 Å². The fraction of sp³-hybridized carbons (Fsp3) is 0.357. The standard InChI is InChI=1S/C14H18N4OS/c1-7(2)15-14(20)18-17-12-10-6-8(3)5-9(4)11(10)16-13(12)19/h5-7,16,19H,1-4H3,(H,15,20). The molecule has 0 fully saturated rings.